The maximum atomic E-state index is 12.2. The van der Waals surface area contributed by atoms with Gasteiger partial charge in [-0.25, -0.2) is 0 Å². The summed E-state index contributed by atoms with van der Waals surface area (Å²) in [6, 6.07) is 6.34. The molecule has 2 aliphatic rings. The molecule has 1 aliphatic heterocycles. The molecular formula is C20H24ClN3O5. The lowest BCUT2D eigenvalue weighted by molar-refractivity contribution is -0.152. The van der Waals surface area contributed by atoms with Gasteiger partial charge in [0.05, 0.1) is 5.92 Å². The van der Waals surface area contributed by atoms with Crippen LogP contribution in [0.2, 0.25) is 5.02 Å². The van der Waals surface area contributed by atoms with E-state index in [1.807, 2.05) is 0 Å². The van der Waals surface area contributed by atoms with Gasteiger partial charge in [-0.3, -0.25) is 30.0 Å². The normalized spacial score (nSPS) is 19.7. The second-order valence-corrected chi connectivity index (χ2v) is 7.79. The fourth-order valence-corrected chi connectivity index (χ4v) is 3.85. The summed E-state index contributed by atoms with van der Waals surface area (Å²) in [5, 5.41) is 0.491. The van der Waals surface area contributed by atoms with Gasteiger partial charge >= 0.3 is 5.97 Å². The van der Waals surface area contributed by atoms with Crippen molar-refractivity contribution in [3.63, 3.8) is 0 Å². The van der Waals surface area contributed by atoms with Crippen molar-refractivity contribution in [1.29, 1.82) is 0 Å². The lowest BCUT2D eigenvalue weighted by atomic mass is 9.94. The van der Waals surface area contributed by atoms with E-state index in [2.05, 4.69) is 10.9 Å². The average molecular weight is 422 g/mol. The van der Waals surface area contributed by atoms with E-state index in [-0.39, 0.29) is 18.4 Å². The van der Waals surface area contributed by atoms with Crippen molar-refractivity contribution in [2.24, 2.45) is 5.92 Å². The summed E-state index contributed by atoms with van der Waals surface area (Å²) in [6.45, 7) is -0.189. The van der Waals surface area contributed by atoms with Gasteiger partial charge in [0.25, 0.3) is 11.8 Å². The quantitative estimate of drug-likeness (QED) is 0.557. The van der Waals surface area contributed by atoms with Crippen LogP contribution in [0, 0.1) is 5.92 Å². The first-order valence-corrected chi connectivity index (χ1v) is 10.1. The molecule has 156 valence electrons. The van der Waals surface area contributed by atoms with Crippen molar-refractivity contribution in [2.45, 2.75) is 44.6 Å². The lowest BCUT2D eigenvalue weighted by Crippen LogP contribution is -2.44. The summed E-state index contributed by atoms with van der Waals surface area (Å²) in [6.07, 6.45) is 5.46. The Morgan fingerprint density at radius 2 is 1.76 bits per heavy atom. The average Bonchev–Trinajstić information content (AvgIpc) is 3.13. The van der Waals surface area contributed by atoms with E-state index in [1.165, 1.54) is 18.6 Å². The highest BCUT2D eigenvalue weighted by molar-refractivity contribution is 6.30. The van der Waals surface area contributed by atoms with Crippen LogP contribution in [-0.2, 0) is 19.1 Å². The molecule has 1 saturated heterocycles. The fourth-order valence-electron chi connectivity index (χ4n) is 3.73. The summed E-state index contributed by atoms with van der Waals surface area (Å²) in [5.41, 5.74) is 4.74. The van der Waals surface area contributed by atoms with E-state index in [0.717, 1.165) is 25.7 Å². The second-order valence-electron chi connectivity index (χ2n) is 7.36. The van der Waals surface area contributed by atoms with Gasteiger partial charge in [-0.15, -0.1) is 0 Å². The van der Waals surface area contributed by atoms with Gasteiger partial charge in [0.15, 0.2) is 6.61 Å². The molecule has 0 unspecified atom stereocenters. The Morgan fingerprint density at radius 1 is 1.07 bits per heavy atom. The third kappa shape index (κ3) is 5.69. The van der Waals surface area contributed by atoms with E-state index >= 15 is 0 Å². The minimum atomic E-state index is -0.672. The Hall–Kier alpha value is -2.61. The number of amides is 3. The van der Waals surface area contributed by atoms with Crippen LogP contribution in [0.3, 0.4) is 0 Å². The van der Waals surface area contributed by atoms with Crippen molar-refractivity contribution in [1.82, 2.24) is 15.8 Å². The molecule has 9 heteroatoms. The van der Waals surface area contributed by atoms with Crippen LogP contribution in [0.1, 0.15) is 48.9 Å². The number of nitrogens with zero attached hydrogens (tertiary/aromatic N) is 1. The number of esters is 1. The molecule has 1 saturated carbocycles. The smallest absolute Gasteiger partial charge is 0.311 e. The number of carbonyl (C=O) groups excluding carboxylic acids is 4. The van der Waals surface area contributed by atoms with Gasteiger partial charge in [0.1, 0.15) is 0 Å². The monoisotopic (exact) mass is 421 g/mol. The minimum absolute atomic E-state index is 0.0291. The first-order valence-electron chi connectivity index (χ1n) is 9.75. The largest absolute Gasteiger partial charge is 0.455 e. The van der Waals surface area contributed by atoms with Crippen molar-refractivity contribution in [3.8, 4) is 0 Å². The van der Waals surface area contributed by atoms with Crippen molar-refractivity contribution in [3.05, 3.63) is 34.9 Å². The second kappa shape index (κ2) is 9.73. The highest BCUT2D eigenvalue weighted by atomic mass is 35.5. The van der Waals surface area contributed by atoms with Gasteiger partial charge in [-0.05, 0) is 37.1 Å². The van der Waals surface area contributed by atoms with Crippen LogP contribution < -0.4 is 10.9 Å². The molecule has 29 heavy (non-hydrogen) atoms. The van der Waals surface area contributed by atoms with E-state index in [4.69, 9.17) is 16.3 Å². The Labute approximate surface area is 173 Å². The predicted octanol–water partition coefficient (Wildman–Crippen LogP) is 1.83. The van der Waals surface area contributed by atoms with Crippen molar-refractivity contribution in [2.75, 3.05) is 13.2 Å². The number of ether oxygens (including phenoxy) is 1. The number of benzene rings is 1. The molecule has 3 amide bonds. The van der Waals surface area contributed by atoms with E-state index < -0.39 is 30.3 Å². The van der Waals surface area contributed by atoms with Crippen molar-refractivity contribution >= 4 is 35.3 Å². The third-order valence-electron chi connectivity index (χ3n) is 5.27. The van der Waals surface area contributed by atoms with Crippen molar-refractivity contribution < 1.29 is 23.9 Å². The molecule has 0 aromatic heterocycles. The number of nitrogens with one attached hydrogen (secondary N) is 2. The van der Waals surface area contributed by atoms with Gasteiger partial charge in [0, 0.05) is 29.6 Å². The number of rotatable bonds is 5. The maximum Gasteiger partial charge on any atom is 0.311 e. The Bertz CT molecular complexity index is 777. The molecule has 0 bridgehead atoms. The maximum absolute atomic E-state index is 12.2. The van der Waals surface area contributed by atoms with E-state index in [0.29, 0.717) is 17.1 Å². The molecule has 1 aromatic rings. The molecule has 8 nitrogen and oxygen atoms in total. The number of hydrogen-bond acceptors (Lipinski definition) is 5. The first-order chi connectivity index (χ1) is 13.9. The molecule has 0 radical (unpaired) electrons. The molecule has 3 rings (SSSR count). The highest BCUT2D eigenvalue weighted by Gasteiger charge is 2.39. The van der Waals surface area contributed by atoms with Crippen LogP contribution in [0.4, 0.5) is 0 Å². The molecular weight excluding hydrogens is 398 g/mol. The van der Waals surface area contributed by atoms with Gasteiger partial charge in [-0.1, -0.05) is 30.9 Å². The highest BCUT2D eigenvalue weighted by Crippen LogP contribution is 2.29. The third-order valence-corrected chi connectivity index (χ3v) is 5.53. The van der Waals surface area contributed by atoms with Gasteiger partial charge in [0.2, 0.25) is 5.91 Å². The number of hydrazine groups is 1. The zero-order valence-electron chi connectivity index (χ0n) is 16.0. The van der Waals surface area contributed by atoms with Gasteiger partial charge in [-0.2, -0.15) is 0 Å². The number of likely N-dealkylation sites (tertiary alicyclic amines) is 1. The summed E-state index contributed by atoms with van der Waals surface area (Å²) in [5.74, 6) is -2.35. The van der Waals surface area contributed by atoms with Crippen LogP contribution in [0.15, 0.2) is 24.3 Å². The van der Waals surface area contributed by atoms with Crippen LogP contribution in [0.5, 0.6) is 0 Å². The molecule has 1 atom stereocenters. The predicted molar refractivity (Wildman–Crippen MR) is 105 cm³/mol. The summed E-state index contributed by atoms with van der Waals surface area (Å²) >= 11 is 5.76. The molecule has 2 fully saturated rings. The van der Waals surface area contributed by atoms with Crippen LogP contribution >= 0.6 is 11.6 Å². The fraction of sp³-hybridized carbons (Fsp3) is 0.500. The van der Waals surface area contributed by atoms with E-state index in [9.17, 15) is 19.2 Å². The SMILES string of the molecule is O=C(COC(=O)[C@H]1CC(=O)N(C2CCCCC2)C1)NNC(=O)c1ccc(Cl)cc1. The molecule has 0 spiro atoms. The zero-order valence-corrected chi connectivity index (χ0v) is 16.7. The van der Waals surface area contributed by atoms with Crippen LogP contribution in [0.25, 0.3) is 0 Å². The summed E-state index contributed by atoms with van der Waals surface area (Å²) in [7, 11) is 0. The number of halogens is 1. The molecule has 1 heterocycles. The number of hydrogen-bond donors (Lipinski definition) is 2. The first kappa shape index (κ1) is 21.1. The lowest BCUT2D eigenvalue weighted by Gasteiger charge is -2.31. The summed E-state index contributed by atoms with van der Waals surface area (Å²) in [4.78, 5) is 50.0. The topological polar surface area (TPSA) is 105 Å². The standard InChI is InChI=1S/C20H24ClN3O5/c21-15-8-6-13(7-9-15)19(27)23-22-17(25)12-29-20(28)14-10-18(26)24(11-14)16-4-2-1-3-5-16/h6-9,14,16H,1-5,10-12H2,(H,22,25)(H,23,27)/t14-/m0/s1. The minimum Gasteiger partial charge on any atom is -0.455 e. The Morgan fingerprint density at radius 3 is 2.45 bits per heavy atom. The summed E-state index contributed by atoms with van der Waals surface area (Å²) < 4.78 is 5.03. The van der Waals surface area contributed by atoms with Crippen LogP contribution in [-0.4, -0.2) is 47.8 Å². The number of carbonyl (C=O) groups is 4. The van der Waals surface area contributed by atoms with E-state index in [1.54, 1.807) is 17.0 Å². The zero-order chi connectivity index (χ0) is 20.8. The Kier molecular flexibility index (Phi) is 7.09. The van der Waals surface area contributed by atoms with Gasteiger partial charge < -0.3 is 9.64 Å². The molecule has 1 aliphatic carbocycles. The Balaban J connectivity index is 1.39. The molecule has 1 aromatic carbocycles. The molecule has 2 N–H and O–H groups in total.